The summed E-state index contributed by atoms with van der Waals surface area (Å²) in [4.78, 5) is 9.01. The van der Waals surface area contributed by atoms with Crippen molar-refractivity contribution in [3.05, 3.63) is 54.2 Å². The molecule has 9 heteroatoms. The molecule has 1 atom stereocenters. The van der Waals surface area contributed by atoms with Gasteiger partial charge < -0.3 is 9.26 Å². The molecule has 3 aromatic rings. The van der Waals surface area contributed by atoms with Crippen LogP contribution in [-0.2, 0) is 10.0 Å². The van der Waals surface area contributed by atoms with Gasteiger partial charge in [-0.15, -0.1) is 0 Å². The minimum absolute atomic E-state index is 0.0553. The molecule has 1 aromatic carbocycles. The maximum Gasteiger partial charge on any atom is 0.243 e. The number of aromatic nitrogens is 3. The van der Waals surface area contributed by atoms with E-state index >= 15 is 0 Å². The van der Waals surface area contributed by atoms with Gasteiger partial charge in [-0.1, -0.05) is 5.16 Å². The summed E-state index contributed by atoms with van der Waals surface area (Å²) < 4.78 is 38.7. The van der Waals surface area contributed by atoms with Gasteiger partial charge in [0.15, 0.2) is 0 Å². The van der Waals surface area contributed by atoms with E-state index in [-0.39, 0.29) is 11.3 Å². The van der Waals surface area contributed by atoms with Crippen LogP contribution in [0.25, 0.3) is 11.4 Å². The van der Waals surface area contributed by atoms with Crippen molar-refractivity contribution < 1.29 is 17.7 Å². The number of sulfonamides is 1. The first-order valence-corrected chi connectivity index (χ1v) is 11.8. The fraction of sp³-hybridized carbons (Fsp3) is 0.409. The van der Waals surface area contributed by atoms with Crippen LogP contribution in [0.15, 0.2) is 52.1 Å². The zero-order chi connectivity index (χ0) is 21.6. The molecule has 1 saturated carbocycles. The lowest BCUT2D eigenvalue weighted by atomic mass is 9.92. The van der Waals surface area contributed by atoms with Gasteiger partial charge in [0.25, 0.3) is 0 Å². The SMILES string of the molecule is COc1ccc(S(=O)(=O)N2CCC3(CC2)C[C@H]3c2nc(-c3cccnc3)no2)c(C)c1. The molecule has 2 aromatic heterocycles. The number of nitrogens with zero attached hydrogens (tertiary/aromatic N) is 4. The number of methoxy groups -OCH3 is 1. The monoisotopic (exact) mass is 440 g/mol. The lowest BCUT2D eigenvalue weighted by Gasteiger charge is -2.32. The molecule has 0 bridgehead atoms. The molecule has 3 heterocycles. The minimum Gasteiger partial charge on any atom is -0.497 e. The van der Waals surface area contributed by atoms with Crippen LogP contribution in [-0.4, -0.2) is 48.0 Å². The summed E-state index contributed by atoms with van der Waals surface area (Å²) in [6, 6.07) is 8.81. The van der Waals surface area contributed by atoms with E-state index < -0.39 is 10.0 Å². The summed E-state index contributed by atoms with van der Waals surface area (Å²) >= 11 is 0. The van der Waals surface area contributed by atoms with E-state index in [1.165, 1.54) is 0 Å². The first-order valence-electron chi connectivity index (χ1n) is 10.3. The van der Waals surface area contributed by atoms with Crippen LogP contribution < -0.4 is 4.74 Å². The molecule has 0 unspecified atom stereocenters. The zero-order valence-corrected chi connectivity index (χ0v) is 18.3. The maximum absolute atomic E-state index is 13.2. The number of hydrogen-bond donors (Lipinski definition) is 0. The van der Waals surface area contributed by atoms with Crippen molar-refractivity contribution in [2.24, 2.45) is 5.41 Å². The second kappa shape index (κ2) is 7.42. The van der Waals surface area contributed by atoms with Crippen LogP contribution in [0.4, 0.5) is 0 Å². The number of ether oxygens (including phenoxy) is 1. The average Bonchev–Trinajstić information content (AvgIpc) is 3.25. The topological polar surface area (TPSA) is 98.4 Å². The molecule has 1 aliphatic heterocycles. The van der Waals surface area contributed by atoms with E-state index in [9.17, 15) is 8.42 Å². The van der Waals surface area contributed by atoms with Crippen LogP contribution >= 0.6 is 0 Å². The number of pyridine rings is 1. The zero-order valence-electron chi connectivity index (χ0n) is 17.5. The van der Waals surface area contributed by atoms with Gasteiger partial charge in [-0.2, -0.15) is 9.29 Å². The highest BCUT2D eigenvalue weighted by Crippen LogP contribution is 2.64. The summed E-state index contributed by atoms with van der Waals surface area (Å²) in [5, 5.41) is 4.10. The van der Waals surface area contributed by atoms with E-state index in [2.05, 4.69) is 15.1 Å². The number of hydrogen-bond acceptors (Lipinski definition) is 7. The van der Waals surface area contributed by atoms with Gasteiger partial charge in [-0.3, -0.25) is 4.98 Å². The number of aryl methyl sites for hydroxylation is 1. The van der Waals surface area contributed by atoms with Crippen molar-refractivity contribution in [1.29, 1.82) is 0 Å². The predicted octanol–water partition coefficient (Wildman–Crippen LogP) is 3.41. The van der Waals surface area contributed by atoms with Gasteiger partial charge in [0.05, 0.1) is 12.0 Å². The highest BCUT2D eigenvalue weighted by molar-refractivity contribution is 7.89. The van der Waals surface area contributed by atoms with Crippen molar-refractivity contribution in [3.8, 4) is 17.1 Å². The van der Waals surface area contributed by atoms with Crippen molar-refractivity contribution in [1.82, 2.24) is 19.4 Å². The molecule has 1 spiro atoms. The molecule has 2 fully saturated rings. The summed E-state index contributed by atoms with van der Waals surface area (Å²) in [5.41, 5.74) is 1.57. The van der Waals surface area contributed by atoms with Crippen molar-refractivity contribution >= 4 is 10.0 Å². The van der Waals surface area contributed by atoms with Gasteiger partial charge >= 0.3 is 0 Å². The van der Waals surface area contributed by atoms with E-state index in [0.717, 1.165) is 24.8 Å². The standard InChI is InChI=1S/C22H24N4O4S/c1-15-12-17(29-2)5-6-19(15)31(27,28)26-10-7-22(8-11-26)13-18(22)21-24-20(25-30-21)16-4-3-9-23-14-16/h3-6,9,12,14,18H,7-8,10-11,13H2,1-2H3/t18-/m0/s1. The van der Waals surface area contributed by atoms with Gasteiger partial charge in [-0.25, -0.2) is 8.42 Å². The van der Waals surface area contributed by atoms with Crippen LogP contribution in [0.5, 0.6) is 5.75 Å². The third-order valence-electron chi connectivity index (χ3n) is 6.57. The van der Waals surface area contributed by atoms with Crippen LogP contribution in [0, 0.1) is 12.3 Å². The first kappa shape index (κ1) is 20.1. The number of piperidine rings is 1. The summed E-state index contributed by atoms with van der Waals surface area (Å²) in [7, 11) is -1.96. The maximum atomic E-state index is 13.2. The molecule has 31 heavy (non-hydrogen) atoms. The highest BCUT2D eigenvalue weighted by atomic mass is 32.2. The minimum atomic E-state index is -3.53. The average molecular weight is 441 g/mol. The van der Waals surface area contributed by atoms with Gasteiger partial charge in [0.1, 0.15) is 5.75 Å². The predicted molar refractivity (Wildman–Crippen MR) is 113 cm³/mol. The smallest absolute Gasteiger partial charge is 0.243 e. The fourth-order valence-corrected chi connectivity index (χ4v) is 6.23. The third kappa shape index (κ3) is 3.51. The van der Waals surface area contributed by atoms with Crippen molar-refractivity contribution in [2.75, 3.05) is 20.2 Å². The van der Waals surface area contributed by atoms with E-state index in [1.807, 2.05) is 12.1 Å². The highest BCUT2D eigenvalue weighted by Gasteiger charge is 2.59. The molecule has 1 aliphatic carbocycles. The molecule has 0 radical (unpaired) electrons. The normalized spacial score (nSPS) is 20.6. The Bertz CT molecular complexity index is 1200. The van der Waals surface area contributed by atoms with E-state index in [4.69, 9.17) is 9.26 Å². The fourth-order valence-electron chi connectivity index (χ4n) is 4.59. The van der Waals surface area contributed by atoms with Crippen molar-refractivity contribution in [3.63, 3.8) is 0 Å². The molecule has 2 aliphatic rings. The Morgan fingerprint density at radius 3 is 2.71 bits per heavy atom. The largest absolute Gasteiger partial charge is 0.497 e. The van der Waals surface area contributed by atoms with E-state index in [1.54, 1.807) is 48.9 Å². The third-order valence-corrected chi connectivity index (χ3v) is 8.63. The van der Waals surface area contributed by atoms with Crippen LogP contribution in [0.1, 0.15) is 36.6 Å². The van der Waals surface area contributed by atoms with Crippen LogP contribution in [0.2, 0.25) is 0 Å². The Kier molecular flexibility index (Phi) is 4.82. The van der Waals surface area contributed by atoms with Gasteiger partial charge in [0, 0.05) is 37.0 Å². The molecule has 0 amide bonds. The molecular weight excluding hydrogens is 416 g/mol. The first-order chi connectivity index (χ1) is 14.9. The summed E-state index contributed by atoms with van der Waals surface area (Å²) in [5.74, 6) is 2.03. The Balaban J connectivity index is 1.28. The Morgan fingerprint density at radius 2 is 2.03 bits per heavy atom. The van der Waals surface area contributed by atoms with Crippen molar-refractivity contribution in [2.45, 2.75) is 37.0 Å². The van der Waals surface area contributed by atoms with Crippen LogP contribution in [0.3, 0.4) is 0 Å². The molecule has 1 saturated heterocycles. The number of benzene rings is 1. The molecule has 162 valence electrons. The quantitative estimate of drug-likeness (QED) is 0.599. The Labute approximate surface area is 181 Å². The summed E-state index contributed by atoms with van der Waals surface area (Å²) in [6.45, 7) is 2.79. The van der Waals surface area contributed by atoms with E-state index in [0.29, 0.717) is 41.0 Å². The molecular formula is C22H24N4O4S. The lowest BCUT2D eigenvalue weighted by molar-refractivity contribution is 0.242. The molecule has 8 nitrogen and oxygen atoms in total. The Morgan fingerprint density at radius 1 is 1.23 bits per heavy atom. The molecule has 5 rings (SSSR count). The Hall–Kier alpha value is -2.78. The second-order valence-electron chi connectivity index (χ2n) is 8.35. The summed E-state index contributed by atoms with van der Waals surface area (Å²) in [6.07, 6.45) is 5.95. The number of rotatable bonds is 5. The van der Waals surface area contributed by atoms with Gasteiger partial charge in [-0.05, 0) is 67.5 Å². The molecule has 0 N–H and O–H groups in total. The van der Waals surface area contributed by atoms with Gasteiger partial charge in [0.2, 0.25) is 21.7 Å². The lowest BCUT2D eigenvalue weighted by Crippen LogP contribution is -2.39. The second-order valence-corrected chi connectivity index (χ2v) is 10.3.